The number of rotatable bonds is 4. The molecular formula is C15H19N3O3. The Morgan fingerprint density at radius 3 is 2.71 bits per heavy atom. The van der Waals surface area contributed by atoms with Crippen LogP contribution in [0.15, 0.2) is 22.7 Å². The molecule has 1 amide bonds. The van der Waals surface area contributed by atoms with Crippen LogP contribution in [0, 0.1) is 13.8 Å². The van der Waals surface area contributed by atoms with E-state index in [4.69, 9.17) is 15.0 Å². The molecule has 2 aromatic rings. The third-order valence-electron chi connectivity index (χ3n) is 3.41. The molecule has 2 rings (SSSR count). The molecule has 0 atom stereocenters. The number of nitrogen functional groups attached to an aromatic ring is 1. The second-order valence-corrected chi connectivity index (χ2v) is 4.92. The number of amides is 1. The number of ether oxygens (including phenoxy) is 1. The van der Waals surface area contributed by atoms with Gasteiger partial charge in [0.25, 0.3) is 5.91 Å². The second-order valence-electron chi connectivity index (χ2n) is 4.92. The lowest BCUT2D eigenvalue weighted by atomic mass is 10.1. The average molecular weight is 289 g/mol. The molecule has 0 aliphatic rings. The average Bonchev–Trinajstić information content (AvgIpc) is 2.79. The molecule has 0 bridgehead atoms. The van der Waals surface area contributed by atoms with E-state index >= 15 is 0 Å². The summed E-state index contributed by atoms with van der Waals surface area (Å²) in [4.78, 5) is 14.1. The normalized spacial score (nSPS) is 10.5. The smallest absolute Gasteiger partial charge is 0.256 e. The molecule has 1 aromatic carbocycles. The molecular weight excluding hydrogens is 270 g/mol. The van der Waals surface area contributed by atoms with Crippen LogP contribution in [0.1, 0.15) is 27.4 Å². The molecule has 0 aliphatic heterocycles. The van der Waals surface area contributed by atoms with Crippen molar-refractivity contribution in [2.45, 2.75) is 20.4 Å². The van der Waals surface area contributed by atoms with Crippen LogP contribution in [-0.2, 0) is 6.54 Å². The van der Waals surface area contributed by atoms with Crippen LogP contribution in [0.4, 0.5) is 5.69 Å². The van der Waals surface area contributed by atoms with E-state index in [-0.39, 0.29) is 5.91 Å². The summed E-state index contributed by atoms with van der Waals surface area (Å²) >= 11 is 0. The number of hydrogen-bond acceptors (Lipinski definition) is 5. The number of nitrogens with two attached hydrogens (primary N) is 1. The van der Waals surface area contributed by atoms with Crippen molar-refractivity contribution >= 4 is 11.6 Å². The maximum absolute atomic E-state index is 12.5. The van der Waals surface area contributed by atoms with Gasteiger partial charge in [0.05, 0.1) is 24.9 Å². The van der Waals surface area contributed by atoms with Crippen molar-refractivity contribution in [2.75, 3.05) is 19.9 Å². The van der Waals surface area contributed by atoms with Gasteiger partial charge in [0.15, 0.2) is 0 Å². The summed E-state index contributed by atoms with van der Waals surface area (Å²) in [5.41, 5.74) is 8.42. The van der Waals surface area contributed by atoms with Gasteiger partial charge in [-0.15, -0.1) is 0 Å². The second kappa shape index (κ2) is 5.87. The molecule has 112 valence electrons. The predicted molar refractivity (Wildman–Crippen MR) is 79.2 cm³/mol. The SMILES string of the molecule is COc1ccc(N)c(C(=O)N(C)Cc2c(C)noc2C)c1. The van der Waals surface area contributed by atoms with Gasteiger partial charge < -0.3 is 19.9 Å². The van der Waals surface area contributed by atoms with E-state index in [0.29, 0.717) is 29.3 Å². The zero-order valence-electron chi connectivity index (χ0n) is 12.6. The molecule has 0 aliphatic carbocycles. The summed E-state index contributed by atoms with van der Waals surface area (Å²) < 4.78 is 10.2. The lowest BCUT2D eigenvalue weighted by Gasteiger charge is -2.18. The Bertz CT molecular complexity index is 645. The van der Waals surface area contributed by atoms with E-state index in [0.717, 1.165) is 11.3 Å². The zero-order valence-corrected chi connectivity index (χ0v) is 12.6. The van der Waals surface area contributed by atoms with E-state index < -0.39 is 0 Å². The third-order valence-corrected chi connectivity index (χ3v) is 3.41. The van der Waals surface area contributed by atoms with E-state index in [2.05, 4.69) is 5.16 Å². The molecule has 1 heterocycles. The Hall–Kier alpha value is -2.50. The first-order chi connectivity index (χ1) is 9.93. The molecule has 6 nitrogen and oxygen atoms in total. The number of methoxy groups -OCH3 is 1. The van der Waals surface area contributed by atoms with Gasteiger partial charge in [0, 0.05) is 18.3 Å². The summed E-state index contributed by atoms with van der Waals surface area (Å²) in [7, 11) is 3.26. The number of carbonyl (C=O) groups is 1. The predicted octanol–water partition coefficient (Wildman–Crippen LogP) is 2.15. The number of anilines is 1. The number of hydrogen-bond donors (Lipinski definition) is 1. The summed E-state index contributed by atoms with van der Waals surface area (Å²) in [6.45, 7) is 4.09. The number of aromatic nitrogens is 1. The Labute approximate surface area is 123 Å². The van der Waals surface area contributed by atoms with Gasteiger partial charge in [-0.2, -0.15) is 0 Å². The van der Waals surface area contributed by atoms with Crippen LogP contribution >= 0.6 is 0 Å². The van der Waals surface area contributed by atoms with Gasteiger partial charge in [0.1, 0.15) is 11.5 Å². The van der Waals surface area contributed by atoms with E-state index in [9.17, 15) is 4.79 Å². The van der Waals surface area contributed by atoms with Crippen LogP contribution in [-0.4, -0.2) is 30.1 Å². The van der Waals surface area contributed by atoms with Gasteiger partial charge >= 0.3 is 0 Å². The minimum Gasteiger partial charge on any atom is -0.497 e. The lowest BCUT2D eigenvalue weighted by Crippen LogP contribution is -2.27. The van der Waals surface area contributed by atoms with Crippen LogP contribution in [0.2, 0.25) is 0 Å². The van der Waals surface area contributed by atoms with Crippen molar-refractivity contribution in [3.8, 4) is 5.75 Å². The topological polar surface area (TPSA) is 81.6 Å². The van der Waals surface area contributed by atoms with Gasteiger partial charge in [-0.3, -0.25) is 4.79 Å². The Morgan fingerprint density at radius 1 is 1.43 bits per heavy atom. The monoisotopic (exact) mass is 289 g/mol. The minimum atomic E-state index is -0.175. The zero-order chi connectivity index (χ0) is 15.6. The quantitative estimate of drug-likeness (QED) is 0.872. The number of carbonyl (C=O) groups excluding carboxylic acids is 1. The first-order valence-electron chi connectivity index (χ1n) is 6.54. The summed E-state index contributed by atoms with van der Waals surface area (Å²) in [6, 6.07) is 5.03. The Kier molecular flexibility index (Phi) is 4.16. The highest BCUT2D eigenvalue weighted by Gasteiger charge is 2.19. The van der Waals surface area contributed by atoms with Gasteiger partial charge in [-0.1, -0.05) is 5.16 Å². The standard InChI is InChI=1S/C15H19N3O3/c1-9-13(10(2)21-17-9)8-18(3)15(19)12-7-11(20-4)5-6-14(12)16/h5-7H,8,16H2,1-4H3. The van der Waals surface area contributed by atoms with Gasteiger partial charge in [-0.05, 0) is 32.0 Å². The number of benzene rings is 1. The third kappa shape index (κ3) is 2.99. The van der Waals surface area contributed by atoms with E-state index in [1.54, 1.807) is 37.3 Å². The number of aryl methyl sites for hydroxylation is 2. The van der Waals surface area contributed by atoms with E-state index in [1.165, 1.54) is 0 Å². The summed E-state index contributed by atoms with van der Waals surface area (Å²) in [5.74, 6) is 1.13. The van der Waals surface area contributed by atoms with Crippen LogP contribution in [0.5, 0.6) is 5.75 Å². The van der Waals surface area contributed by atoms with Crippen molar-refractivity contribution in [3.05, 3.63) is 40.8 Å². The highest BCUT2D eigenvalue weighted by Crippen LogP contribution is 2.22. The molecule has 0 radical (unpaired) electrons. The first kappa shape index (κ1) is 14.9. The molecule has 0 fully saturated rings. The van der Waals surface area contributed by atoms with Gasteiger partial charge in [-0.25, -0.2) is 0 Å². The largest absolute Gasteiger partial charge is 0.497 e. The first-order valence-corrected chi connectivity index (χ1v) is 6.54. The minimum absolute atomic E-state index is 0.175. The van der Waals surface area contributed by atoms with E-state index in [1.807, 2.05) is 13.8 Å². The van der Waals surface area contributed by atoms with Crippen molar-refractivity contribution in [2.24, 2.45) is 0 Å². The maximum atomic E-state index is 12.5. The fourth-order valence-electron chi connectivity index (χ4n) is 2.09. The van der Waals surface area contributed by atoms with Crippen molar-refractivity contribution < 1.29 is 14.1 Å². The fourth-order valence-corrected chi connectivity index (χ4v) is 2.09. The van der Waals surface area contributed by atoms with Crippen LogP contribution in [0.25, 0.3) is 0 Å². The molecule has 1 aromatic heterocycles. The summed E-state index contributed by atoms with van der Waals surface area (Å²) in [5, 5.41) is 3.89. The fraction of sp³-hybridized carbons (Fsp3) is 0.333. The van der Waals surface area contributed by atoms with Crippen molar-refractivity contribution in [1.29, 1.82) is 0 Å². The van der Waals surface area contributed by atoms with Crippen LogP contribution < -0.4 is 10.5 Å². The molecule has 6 heteroatoms. The molecule has 0 unspecified atom stereocenters. The molecule has 21 heavy (non-hydrogen) atoms. The highest BCUT2D eigenvalue weighted by atomic mass is 16.5. The maximum Gasteiger partial charge on any atom is 0.256 e. The molecule has 2 N–H and O–H groups in total. The van der Waals surface area contributed by atoms with Gasteiger partial charge in [0.2, 0.25) is 0 Å². The Morgan fingerprint density at radius 2 is 2.14 bits per heavy atom. The number of nitrogens with zero attached hydrogens (tertiary/aromatic N) is 2. The van der Waals surface area contributed by atoms with Crippen LogP contribution in [0.3, 0.4) is 0 Å². The summed E-state index contributed by atoms with van der Waals surface area (Å²) in [6.07, 6.45) is 0. The molecule has 0 saturated heterocycles. The molecule has 0 saturated carbocycles. The lowest BCUT2D eigenvalue weighted by molar-refractivity contribution is 0.0785. The van der Waals surface area contributed by atoms with Crippen molar-refractivity contribution in [3.63, 3.8) is 0 Å². The Balaban J connectivity index is 2.23. The highest BCUT2D eigenvalue weighted by molar-refractivity contribution is 5.99. The molecule has 0 spiro atoms. The van der Waals surface area contributed by atoms with Crippen molar-refractivity contribution in [1.82, 2.24) is 10.1 Å².